The van der Waals surface area contributed by atoms with Crippen molar-refractivity contribution in [2.24, 2.45) is 0 Å². The van der Waals surface area contributed by atoms with Crippen LogP contribution in [0.25, 0.3) is 10.9 Å². The van der Waals surface area contributed by atoms with Gasteiger partial charge in [-0.3, -0.25) is 9.78 Å². The highest BCUT2D eigenvalue weighted by Gasteiger charge is 2.27. The topological polar surface area (TPSA) is 79.3 Å². The van der Waals surface area contributed by atoms with E-state index in [-0.39, 0.29) is 6.42 Å². The number of aryl methyl sites for hydroxylation is 1. The minimum absolute atomic E-state index is 0.216. The number of fused-ring (bicyclic) bond motifs is 2. The summed E-state index contributed by atoms with van der Waals surface area (Å²) < 4.78 is 0. The first-order chi connectivity index (χ1) is 13.5. The first kappa shape index (κ1) is 18.4. The average molecular weight is 395 g/mol. The van der Waals surface area contributed by atoms with Crippen LogP contribution < -0.4 is 5.32 Å². The van der Waals surface area contributed by atoms with Crippen molar-refractivity contribution in [3.05, 3.63) is 75.9 Å². The minimum atomic E-state index is -1.06. The van der Waals surface area contributed by atoms with Crippen LogP contribution in [0.4, 0.5) is 0 Å². The molecule has 1 unspecified atom stereocenters. The van der Waals surface area contributed by atoms with Gasteiger partial charge in [0.2, 0.25) is 0 Å². The molecule has 0 fully saturated rings. The van der Waals surface area contributed by atoms with Crippen LogP contribution in [0.3, 0.4) is 0 Å². The molecule has 0 spiro atoms. The number of rotatable bonds is 5. The molecule has 6 heteroatoms. The van der Waals surface area contributed by atoms with Crippen LogP contribution in [-0.4, -0.2) is 28.0 Å². The molecule has 0 saturated heterocycles. The summed E-state index contributed by atoms with van der Waals surface area (Å²) in [6.07, 6.45) is 2.72. The zero-order valence-corrected chi connectivity index (χ0v) is 15.9. The maximum Gasteiger partial charge on any atom is 0.326 e. The van der Waals surface area contributed by atoms with Gasteiger partial charge in [-0.2, -0.15) is 0 Å². The van der Waals surface area contributed by atoms with Gasteiger partial charge in [0, 0.05) is 22.5 Å². The summed E-state index contributed by atoms with van der Waals surface area (Å²) in [5.74, 6) is -1.46. The van der Waals surface area contributed by atoms with Gasteiger partial charge in [-0.15, -0.1) is 0 Å². The van der Waals surface area contributed by atoms with Crippen molar-refractivity contribution >= 4 is 34.4 Å². The minimum Gasteiger partial charge on any atom is -0.480 e. The Morgan fingerprint density at radius 2 is 1.93 bits per heavy atom. The molecule has 1 atom stereocenters. The number of carboxylic acids is 1. The average Bonchev–Trinajstić information content (AvgIpc) is 3.14. The molecule has 2 aromatic carbocycles. The normalized spacial score (nSPS) is 13.9. The first-order valence-corrected chi connectivity index (χ1v) is 9.59. The van der Waals surface area contributed by atoms with E-state index in [4.69, 9.17) is 11.6 Å². The maximum atomic E-state index is 13.2. The predicted molar refractivity (Wildman–Crippen MR) is 108 cm³/mol. The number of nitrogens with one attached hydrogen (secondary N) is 1. The molecule has 142 valence electrons. The summed E-state index contributed by atoms with van der Waals surface area (Å²) in [5.41, 5.74) is 3.86. The molecule has 2 N–H and O–H groups in total. The van der Waals surface area contributed by atoms with E-state index in [1.165, 1.54) is 0 Å². The van der Waals surface area contributed by atoms with E-state index in [1.807, 2.05) is 30.3 Å². The fourth-order valence-electron chi connectivity index (χ4n) is 3.77. The molecule has 0 bridgehead atoms. The highest BCUT2D eigenvalue weighted by molar-refractivity contribution is 6.31. The van der Waals surface area contributed by atoms with Crippen molar-refractivity contribution in [2.45, 2.75) is 31.7 Å². The monoisotopic (exact) mass is 394 g/mol. The highest BCUT2D eigenvalue weighted by atomic mass is 35.5. The third-order valence-corrected chi connectivity index (χ3v) is 5.32. The van der Waals surface area contributed by atoms with Crippen LogP contribution in [-0.2, 0) is 24.1 Å². The molecule has 1 aliphatic carbocycles. The molecule has 0 saturated carbocycles. The number of hydrogen-bond acceptors (Lipinski definition) is 3. The van der Waals surface area contributed by atoms with Crippen LogP contribution in [0, 0.1) is 0 Å². The summed E-state index contributed by atoms with van der Waals surface area (Å²) in [4.78, 5) is 29.6. The summed E-state index contributed by atoms with van der Waals surface area (Å²) >= 11 is 6.16. The van der Waals surface area contributed by atoms with Gasteiger partial charge in [0.15, 0.2) is 0 Å². The van der Waals surface area contributed by atoms with Crippen LogP contribution in [0.2, 0.25) is 5.02 Å². The third-order valence-electron chi connectivity index (χ3n) is 5.09. The van der Waals surface area contributed by atoms with Crippen molar-refractivity contribution in [1.82, 2.24) is 10.3 Å². The number of carbonyl (C=O) groups excluding carboxylic acids is 1. The quantitative estimate of drug-likeness (QED) is 0.689. The van der Waals surface area contributed by atoms with Gasteiger partial charge in [0.25, 0.3) is 5.91 Å². The van der Waals surface area contributed by atoms with Crippen LogP contribution in [0.1, 0.15) is 33.6 Å². The largest absolute Gasteiger partial charge is 0.480 e. The highest BCUT2D eigenvalue weighted by Crippen LogP contribution is 2.31. The van der Waals surface area contributed by atoms with Crippen molar-refractivity contribution in [3.63, 3.8) is 0 Å². The number of carboxylic acid groups (broad SMARTS) is 1. The van der Waals surface area contributed by atoms with E-state index in [2.05, 4.69) is 10.3 Å². The van der Waals surface area contributed by atoms with Crippen molar-refractivity contribution in [3.8, 4) is 0 Å². The fraction of sp³-hybridized carbons (Fsp3) is 0.227. The molecule has 0 aliphatic heterocycles. The first-order valence-electron chi connectivity index (χ1n) is 9.21. The zero-order chi connectivity index (χ0) is 19.7. The van der Waals surface area contributed by atoms with Gasteiger partial charge in [-0.1, -0.05) is 41.9 Å². The van der Waals surface area contributed by atoms with Gasteiger partial charge in [0.05, 0.1) is 11.1 Å². The standard InChI is InChI=1S/C22H19ClN2O3/c23-14-9-10-18-16(12-14)20(15-7-4-8-17(15)24-18)21(26)25-19(22(27)28)11-13-5-2-1-3-6-13/h1-3,5-6,9-10,12,19H,4,7-8,11H2,(H,25,26)(H,27,28). The number of hydrogen-bond donors (Lipinski definition) is 2. The van der Waals surface area contributed by atoms with E-state index in [9.17, 15) is 14.7 Å². The van der Waals surface area contributed by atoms with Crippen LogP contribution in [0.15, 0.2) is 48.5 Å². The molecule has 1 aliphatic rings. The van der Waals surface area contributed by atoms with E-state index < -0.39 is 17.9 Å². The van der Waals surface area contributed by atoms with E-state index >= 15 is 0 Å². The molecule has 1 aromatic heterocycles. The Balaban J connectivity index is 1.72. The molecule has 28 heavy (non-hydrogen) atoms. The molecular formula is C22H19ClN2O3. The molecule has 3 aromatic rings. The predicted octanol–water partition coefficient (Wildman–Crippen LogP) is 3.80. The van der Waals surface area contributed by atoms with Crippen LogP contribution >= 0.6 is 11.6 Å². The number of nitrogens with zero attached hydrogens (tertiary/aromatic N) is 1. The van der Waals surface area contributed by atoms with Gasteiger partial charge < -0.3 is 10.4 Å². The van der Waals surface area contributed by atoms with Gasteiger partial charge >= 0.3 is 5.97 Å². The number of carbonyl (C=O) groups is 2. The molecule has 1 amide bonds. The number of aliphatic carboxylic acids is 1. The van der Waals surface area contributed by atoms with Crippen molar-refractivity contribution < 1.29 is 14.7 Å². The van der Waals surface area contributed by atoms with Crippen molar-refractivity contribution in [2.75, 3.05) is 0 Å². The Kier molecular flexibility index (Phi) is 5.01. The number of benzene rings is 2. The molecule has 0 radical (unpaired) electrons. The summed E-state index contributed by atoms with van der Waals surface area (Å²) in [6, 6.07) is 13.5. The maximum absolute atomic E-state index is 13.2. The Morgan fingerprint density at radius 1 is 1.14 bits per heavy atom. The number of pyridine rings is 1. The Hall–Kier alpha value is -2.92. The van der Waals surface area contributed by atoms with Crippen molar-refractivity contribution in [1.29, 1.82) is 0 Å². The lowest BCUT2D eigenvalue weighted by Gasteiger charge is -2.17. The van der Waals surface area contributed by atoms with E-state index in [0.717, 1.165) is 36.1 Å². The summed E-state index contributed by atoms with van der Waals surface area (Å²) in [7, 11) is 0. The van der Waals surface area contributed by atoms with E-state index in [1.54, 1.807) is 18.2 Å². The fourth-order valence-corrected chi connectivity index (χ4v) is 3.95. The lowest BCUT2D eigenvalue weighted by Crippen LogP contribution is -2.42. The van der Waals surface area contributed by atoms with E-state index in [0.29, 0.717) is 21.5 Å². The van der Waals surface area contributed by atoms with Gasteiger partial charge in [-0.25, -0.2) is 4.79 Å². The SMILES string of the molecule is O=C(NC(Cc1ccccc1)C(=O)O)c1c2c(nc3ccc(Cl)cc13)CCC2. The van der Waals surface area contributed by atoms with Gasteiger partial charge in [-0.05, 0) is 48.6 Å². The number of amides is 1. The summed E-state index contributed by atoms with van der Waals surface area (Å²) in [5, 5.41) is 13.5. The van der Waals surface area contributed by atoms with Crippen LogP contribution in [0.5, 0.6) is 0 Å². The molecule has 5 nitrogen and oxygen atoms in total. The second kappa shape index (κ2) is 7.60. The zero-order valence-electron chi connectivity index (χ0n) is 15.1. The number of aromatic nitrogens is 1. The molecule has 1 heterocycles. The molecule has 4 rings (SSSR count). The Labute approximate surface area is 167 Å². The summed E-state index contributed by atoms with van der Waals surface area (Å²) in [6.45, 7) is 0. The van der Waals surface area contributed by atoms with Gasteiger partial charge in [0.1, 0.15) is 6.04 Å². The lowest BCUT2D eigenvalue weighted by atomic mass is 9.99. The third kappa shape index (κ3) is 3.58. The molecular weight excluding hydrogens is 376 g/mol. The second-order valence-electron chi connectivity index (χ2n) is 6.98. The Bertz CT molecular complexity index is 1070. The second-order valence-corrected chi connectivity index (χ2v) is 7.42. The number of halogens is 1. The lowest BCUT2D eigenvalue weighted by molar-refractivity contribution is -0.139. The Morgan fingerprint density at radius 3 is 2.68 bits per heavy atom. The smallest absolute Gasteiger partial charge is 0.326 e.